The number of nitrogens with one attached hydrogen (secondary N) is 1. The van der Waals surface area contributed by atoms with Crippen LogP contribution in [0, 0.1) is 11.6 Å². The number of nitrogen functional groups attached to an aromatic ring is 1. The predicted octanol–water partition coefficient (Wildman–Crippen LogP) is 2.08. The third kappa shape index (κ3) is 2.05. The average molecular weight is 222 g/mol. The van der Waals surface area contributed by atoms with Crippen LogP contribution in [0.15, 0.2) is 30.6 Å². The molecule has 0 spiro atoms. The number of hydrogen-bond acceptors (Lipinski definition) is 4. The first-order chi connectivity index (χ1) is 7.66. The molecule has 3 N–H and O–H groups in total. The Labute approximate surface area is 90.1 Å². The van der Waals surface area contributed by atoms with Gasteiger partial charge in [-0.3, -0.25) is 0 Å². The molecule has 1 aromatic carbocycles. The minimum Gasteiger partial charge on any atom is -0.384 e. The highest BCUT2D eigenvalue weighted by atomic mass is 19.1. The first-order valence-corrected chi connectivity index (χ1v) is 4.45. The van der Waals surface area contributed by atoms with Gasteiger partial charge in [0.25, 0.3) is 0 Å². The Morgan fingerprint density at radius 3 is 2.44 bits per heavy atom. The number of para-hydroxylation sites is 1. The molecule has 0 atom stereocenters. The van der Waals surface area contributed by atoms with Crippen LogP contribution in [0.25, 0.3) is 0 Å². The minimum atomic E-state index is -0.697. The molecule has 1 heterocycles. The van der Waals surface area contributed by atoms with E-state index in [4.69, 9.17) is 5.73 Å². The van der Waals surface area contributed by atoms with Crippen LogP contribution in [0.1, 0.15) is 0 Å². The summed E-state index contributed by atoms with van der Waals surface area (Å²) in [5.41, 5.74) is 5.15. The van der Waals surface area contributed by atoms with Crippen LogP contribution < -0.4 is 11.1 Å². The van der Waals surface area contributed by atoms with Crippen molar-refractivity contribution in [2.75, 3.05) is 11.1 Å². The van der Waals surface area contributed by atoms with Crippen LogP contribution in [0.3, 0.4) is 0 Å². The lowest BCUT2D eigenvalue weighted by Crippen LogP contribution is -2.01. The van der Waals surface area contributed by atoms with Gasteiger partial charge in [-0.25, -0.2) is 18.7 Å². The average Bonchev–Trinajstić information content (AvgIpc) is 2.24. The molecule has 0 unspecified atom stereocenters. The van der Waals surface area contributed by atoms with Gasteiger partial charge >= 0.3 is 0 Å². The quantitative estimate of drug-likeness (QED) is 0.816. The van der Waals surface area contributed by atoms with Crippen molar-refractivity contribution in [3.63, 3.8) is 0 Å². The lowest BCUT2D eigenvalue weighted by molar-refractivity contribution is 0.590. The molecule has 82 valence electrons. The van der Waals surface area contributed by atoms with Gasteiger partial charge in [0.05, 0.1) is 0 Å². The second kappa shape index (κ2) is 4.09. The highest BCUT2D eigenvalue weighted by Crippen LogP contribution is 2.22. The summed E-state index contributed by atoms with van der Waals surface area (Å²) in [6, 6.07) is 4.96. The van der Waals surface area contributed by atoms with Crippen molar-refractivity contribution < 1.29 is 8.78 Å². The van der Waals surface area contributed by atoms with Gasteiger partial charge in [0, 0.05) is 6.07 Å². The summed E-state index contributed by atoms with van der Waals surface area (Å²) < 4.78 is 26.5. The van der Waals surface area contributed by atoms with E-state index in [-0.39, 0.29) is 17.3 Å². The molecule has 0 fully saturated rings. The fourth-order valence-electron chi connectivity index (χ4n) is 1.19. The van der Waals surface area contributed by atoms with Crippen molar-refractivity contribution in [2.24, 2.45) is 0 Å². The van der Waals surface area contributed by atoms with Crippen LogP contribution in [0.5, 0.6) is 0 Å². The molecule has 0 aliphatic heterocycles. The smallest absolute Gasteiger partial charge is 0.149 e. The third-order valence-electron chi connectivity index (χ3n) is 1.90. The Hall–Kier alpha value is -2.24. The zero-order valence-electron chi connectivity index (χ0n) is 8.11. The SMILES string of the molecule is Nc1cc(Nc2c(F)cccc2F)ncn1. The second-order valence-corrected chi connectivity index (χ2v) is 3.05. The molecule has 0 radical (unpaired) electrons. The molecule has 0 saturated heterocycles. The fourth-order valence-corrected chi connectivity index (χ4v) is 1.19. The van der Waals surface area contributed by atoms with Gasteiger partial charge in [0.2, 0.25) is 0 Å². The molecule has 0 amide bonds. The van der Waals surface area contributed by atoms with Crippen LogP contribution in [0.2, 0.25) is 0 Å². The van der Waals surface area contributed by atoms with Crippen molar-refractivity contribution in [1.82, 2.24) is 9.97 Å². The third-order valence-corrected chi connectivity index (χ3v) is 1.90. The van der Waals surface area contributed by atoms with E-state index in [2.05, 4.69) is 15.3 Å². The van der Waals surface area contributed by atoms with E-state index >= 15 is 0 Å². The number of hydrogen-bond donors (Lipinski definition) is 2. The summed E-state index contributed by atoms with van der Waals surface area (Å²) in [7, 11) is 0. The molecular weight excluding hydrogens is 214 g/mol. The van der Waals surface area contributed by atoms with E-state index in [0.29, 0.717) is 0 Å². The number of anilines is 3. The molecule has 0 bridgehead atoms. The Morgan fingerprint density at radius 2 is 1.81 bits per heavy atom. The maximum Gasteiger partial charge on any atom is 0.149 e. The highest BCUT2D eigenvalue weighted by molar-refractivity contribution is 5.59. The van der Waals surface area contributed by atoms with Crippen LogP contribution in [-0.4, -0.2) is 9.97 Å². The van der Waals surface area contributed by atoms with Crippen LogP contribution >= 0.6 is 0 Å². The Balaban J connectivity index is 2.34. The Morgan fingerprint density at radius 1 is 1.12 bits per heavy atom. The summed E-state index contributed by atoms with van der Waals surface area (Å²) in [6.45, 7) is 0. The van der Waals surface area contributed by atoms with Crippen molar-refractivity contribution in [1.29, 1.82) is 0 Å². The molecule has 0 aliphatic rings. The maximum absolute atomic E-state index is 13.3. The minimum absolute atomic E-state index is 0.217. The van der Waals surface area contributed by atoms with Crippen molar-refractivity contribution in [3.05, 3.63) is 42.2 Å². The fraction of sp³-hybridized carbons (Fsp3) is 0. The van der Waals surface area contributed by atoms with Gasteiger partial charge in [-0.15, -0.1) is 0 Å². The van der Waals surface area contributed by atoms with Gasteiger partial charge in [0.15, 0.2) is 0 Å². The molecule has 16 heavy (non-hydrogen) atoms. The van der Waals surface area contributed by atoms with Crippen molar-refractivity contribution >= 4 is 17.3 Å². The standard InChI is InChI=1S/C10H8F2N4/c11-6-2-1-3-7(12)10(6)16-9-4-8(13)14-5-15-9/h1-5H,(H3,13,14,15,16). The first kappa shape index (κ1) is 10.3. The highest BCUT2D eigenvalue weighted by Gasteiger charge is 2.08. The van der Waals surface area contributed by atoms with Crippen LogP contribution in [0.4, 0.5) is 26.1 Å². The number of nitrogens with zero attached hydrogens (tertiary/aromatic N) is 2. The number of rotatable bonds is 2. The number of aromatic nitrogens is 2. The van der Waals surface area contributed by atoms with Gasteiger partial charge < -0.3 is 11.1 Å². The summed E-state index contributed by atoms with van der Waals surface area (Å²) in [5.74, 6) is -0.944. The molecule has 4 nitrogen and oxygen atoms in total. The Bertz CT molecular complexity index is 496. The van der Waals surface area contributed by atoms with Gasteiger partial charge in [-0.05, 0) is 12.1 Å². The Kier molecular flexibility index (Phi) is 2.63. The zero-order chi connectivity index (χ0) is 11.5. The molecular formula is C10H8F2N4. The van der Waals surface area contributed by atoms with Crippen molar-refractivity contribution in [2.45, 2.75) is 0 Å². The van der Waals surface area contributed by atoms with E-state index in [1.54, 1.807) is 0 Å². The molecule has 2 aromatic rings. The van der Waals surface area contributed by atoms with E-state index < -0.39 is 11.6 Å². The summed E-state index contributed by atoms with van der Waals surface area (Å²) in [6.07, 6.45) is 1.20. The zero-order valence-corrected chi connectivity index (χ0v) is 8.11. The van der Waals surface area contributed by atoms with Crippen molar-refractivity contribution in [3.8, 4) is 0 Å². The number of benzene rings is 1. The van der Waals surface area contributed by atoms with E-state index in [1.807, 2.05) is 0 Å². The van der Waals surface area contributed by atoms with Crippen LogP contribution in [-0.2, 0) is 0 Å². The monoisotopic (exact) mass is 222 g/mol. The topological polar surface area (TPSA) is 63.8 Å². The lowest BCUT2D eigenvalue weighted by atomic mass is 10.3. The number of nitrogens with two attached hydrogens (primary N) is 1. The first-order valence-electron chi connectivity index (χ1n) is 4.45. The van der Waals surface area contributed by atoms with Gasteiger partial charge in [0.1, 0.15) is 35.3 Å². The van der Waals surface area contributed by atoms with Gasteiger partial charge in [-0.1, -0.05) is 6.07 Å². The maximum atomic E-state index is 13.3. The molecule has 6 heteroatoms. The molecule has 0 aliphatic carbocycles. The van der Waals surface area contributed by atoms with Gasteiger partial charge in [-0.2, -0.15) is 0 Å². The second-order valence-electron chi connectivity index (χ2n) is 3.05. The lowest BCUT2D eigenvalue weighted by Gasteiger charge is -2.07. The summed E-state index contributed by atoms with van der Waals surface area (Å²) >= 11 is 0. The normalized spacial score (nSPS) is 10.1. The molecule has 2 rings (SSSR count). The van der Waals surface area contributed by atoms with E-state index in [1.165, 1.54) is 18.5 Å². The number of halogens is 2. The molecule has 1 aromatic heterocycles. The summed E-state index contributed by atoms with van der Waals surface area (Å²) in [5, 5.41) is 2.50. The summed E-state index contributed by atoms with van der Waals surface area (Å²) in [4.78, 5) is 7.45. The van der Waals surface area contributed by atoms with E-state index in [0.717, 1.165) is 12.1 Å². The molecule has 0 saturated carbocycles. The predicted molar refractivity (Wildman–Crippen MR) is 56.1 cm³/mol. The largest absolute Gasteiger partial charge is 0.384 e. The van der Waals surface area contributed by atoms with E-state index in [9.17, 15) is 8.78 Å².